The van der Waals surface area contributed by atoms with Crippen LogP contribution in [0.15, 0.2) is 48.5 Å². The number of aryl methyl sites for hydroxylation is 1. The van der Waals surface area contributed by atoms with Gasteiger partial charge in [-0.2, -0.15) is 0 Å². The Morgan fingerprint density at radius 3 is 2.56 bits per heavy atom. The molecule has 2 aromatic carbocycles. The van der Waals surface area contributed by atoms with Gasteiger partial charge in [-0.1, -0.05) is 30.3 Å². The van der Waals surface area contributed by atoms with Crippen molar-refractivity contribution in [2.24, 2.45) is 0 Å². The molecule has 2 aromatic rings. The van der Waals surface area contributed by atoms with Crippen molar-refractivity contribution < 1.29 is 14.3 Å². The van der Waals surface area contributed by atoms with Gasteiger partial charge in [0.05, 0.1) is 20.3 Å². The number of carbonyl (C=O) groups excluding carboxylic acids is 1. The van der Waals surface area contributed by atoms with E-state index < -0.39 is 0 Å². The third-order valence-corrected chi connectivity index (χ3v) is 4.85. The maximum absolute atomic E-state index is 12.9. The summed E-state index contributed by atoms with van der Waals surface area (Å²) in [6, 6.07) is 15.8. The van der Waals surface area contributed by atoms with E-state index in [0.29, 0.717) is 13.0 Å². The Kier molecular flexibility index (Phi) is 7.95. The third-order valence-electron chi connectivity index (χ3n) is 4.85. The van der Waals surface area contributed by atoms with Gasteiger partial charge in [0.15, 0.2) is 0 Å². The van der Waals surface area contributed by atoms with Crippen LogP contribution in [-0.2, 0) is 11.2 Å². The summed E-state index contributed by atoms with van der Waals surface area (Å²) in [6.45, 7) is 2.28. The average molecular weight is 391 g/mol. The fourth-order valence-electron chi connectivity index (χ4n) is 3.41. The Morgan fingerprint density at radius 1 is 1.11 bits per heavy atom. The zero-order valence-electron chi connectivity index (χ0n) is 15.8. The molecule has 1 aliphatic heterocycles. The number of para-hydroxylation sites is 1. The van der Waals surface area contributed by atoms with Gasteiger partial charge in [-0.05, 0) is 30.2 Å². The van der Waals surface area contributed by atoms with Gasteiger partial charge in [0.25, 0.3) is 0 Å². The molecule has 146 valence electrons. The second-order valence-corrected chi connectivity index (χ2v) is 6.40. The molecule has 27 heavy (non-hydrogen) atoms. The molecular weight excluding hydrogens is 364 g/mol. The molecule has 0 aromatic heterocycles. The van der Waals surface area contributed by atoms with Gasteiger partial charge in [0.2, 0.25) is 5.91 Å². The molecule has 0 saturated carbocycles. The van der Waals surface area contributed by atoms with Crippen molar-refractivity contribution in [1.82, 2.24) is 10.2 Å². The van der Waals surface area contributed by atoms with E-state index in [1.54, 1.807) is 14.2 Å². The Labute approximate surface area is 167 Å². The Hall–Kier alpha value is -2.24. The van der Waals surface area contributed by atoms with Crippen LogP contribution in [0.2, 0.25) is 0 Å². The summed E-state index contributed by atoms with van der Waals surface area (Å²) >= 11 is 0. The second kappa shape index (κ2) is 10.2. The summed E-state index contributed by atoms with van der Waals surface area (Å²) in [6.07, 6.45) is 1.23. The molecule has 6 heteroatoms. The Morgan fingerprint density at radius 2 is 1.85 bits per heavy atom. The predicted molar refractivity (Wildman–Crippen MR) is 109 cm³/mol. The summed E-state index contributed by atoms with van der Waals surface area (Å²) in [5, 5.41) is 3.39. The van der Waals surface area contributed by atoms with Crippen LogP contribution in [0.5, 0.6) is 11.5 Å². The molecule has 1 unspecified atom stereocenters. The summed E-state index contributed by atoms with van der Waals surface area (Å²) in [7, 11) is 3.33. The normalized spacial score (nSPS) is 16.4. The molecule has 3 rings (SSSR count). The van der Waals surface area contributed by atoms with Crippen molar-refractivity contribution in [3.8, 4) is 11.5 Å². The lowest BCUT2D eigenvalue weighted by atomic mass is 10.0. The van der Waals surface area contributed by atoms with Gasteiger partial charge in [-0.3, -0.25) is 4.79 Å². The highest BCUT2D eigenvalue weighted by Gasteiger charge is 2.29. The van der Waals surface area contributed by atoms with Crippen LogP contribution in [0, 0.1) is 0 Å². The lowest BCUT2D eigenvalue weighted by molar-refractivity contribution is -0.134. The molecular formula is C21H27ClN2O3. The van der Waals surface area contributed by atoms with Crippen LogP contribution in [0.3, 0.4) is 0 Å². The number of nitrogens with one attached hydrogen (secondary N) is 1. The number of amides is 1. The van der Waals surface area contributed by atoms with Crippen LogP contribution < -0.4 is 14.8 Å². The number of piperazine rings is 1. The standard InChI is InChI=1S/C21H26N2O3.ClH/c1-25-17-10-7-16(8-11-17)9-12-21(24)23-14-13-22-15-19(23)18-5-3-4-6-20(18)26-2;/h3-8,10-11,19,22H,9,12-15H2,1-2H3;1H. The van der Waals surface area contributed by atoms with Crippen LogP contribution in [0.25, 0.3) is 0 Å². The van der Waals surface area contributed by atoms with Gasteiger partial charge < -0.3 is 19.7 Å². The van der Waals surface area contributed by atoms with Crippen LogP contribution in [0.4, 0.5) is 0 Å². The summed E-state index contributed by atoms with van der Waals surface area (Å²) in [5.41, 5.74) is 2.20. The maximum atomic E-state index is 12.9. The van der Waals surface area contributed by atoms with Crippen molar-refractivity contribution >= 4 is 18.3 Å². The van der Waals surface area contributed by atoms with E-state index in [1.165, 1.54) is 0 Å². The van der Waals surface area contributed by atoms with Crippen molar-refractivity contribution in [3.63, 3.8) is 0 Å². The number of rotatable bonds is 6. The third kappa shape index (κ3) is 5.15. The van der Waals surface area contributed by atoms with Gasteiger partial charge in [-0.25, -0.2) is 0 Å². The molecule has 1 N–H and O–H groups in total. The van der Waals surface area contributed by atoms with E-state index in [0.717, 1.165) is 42.1 Å². The van der Waals surface area contributed by atoms with Crippen molar-refractivity contribution in [3.05, 3.63) is 59.7 Å². The van der Waals surface area contributed by atoms with E-state index in [9.17, 15) is 4.79 Å². The number of nitrogens with zero attached hydrogens (tertiary/aromatic N) is 1. The number of ether oxygens (including phenoxy) is 2. The number of methoxy groups -OCH3 is 2. The topological polar surface area (TPSA) is 50.8 Å². The predicted octanol–water partition coefficient (Wildman–Crippen LogP) is 3.23. The highest BCUT2D eigenvalue weighted by Crippen LogP contribution is 2.30. The molecule has 1 atom stereocenters. The molecule has 1 saturated heterocycles. The number of benzene rings is 2. The molecule has 5 nitrogen and oxygen atoms in total. The lowest BCUT2D eigenvalue weighted by Crippen LogP contribution is -2.48. The summed E-state index contributed by atoms with van der Waals surface area (Å²) < 4.78 is 10.7. The lowest BCUT2D eigenvalue weighted by Gasteiger charge is -2.37. The fourth-order valence-corrected chi connectivity index (χ4v) is 3.41. The van der Waals surface area contributed by atoms with Crippen molar-refractivity contribution in [2.45, 2.75) is 18.9 Å². The zero-order valence-corrected chi connectivity index (χ0v) is 16.6. The Bertz CT molecular complexity index is 736. The van der Waals surface area contributed by atoms with Gasteiger partial charge in [0, 0.05) is 31.6 Å². The van der Waals surface area contributed by atoms with E-state index in [2.05, 4.69) is 5.32 Å². The van der Waals surface area contributed by atoms with E-state index in [-0.39, 0.29) is 24.4 Å². The minimum absolute atomic E-state index is 0. The minimum Gasteiger partial charge on any atom is -0.497 e. The highest BCUT2D eigenvalue weighted by atomic mass is 35.5. The monoisotopic (exact) mass is 390 g/mol. The first kappa shape index (κ1) is 21.1. The highest BCUT2D eigenvalue weighted by molar-refractivity contribution is 5.85. The molecule has 1 heterocycles. The summed E-state index contributed by atoms with van der Waals surface area (Å²) in [5.74, 6) is 1.84. The van der Waals surface area contributed by atoms with Gasteiger partial charge in [-0.15, -0.1) is 12.4 Å². The second-order valence-electron chi connectivity index (χ2n) is 6.40. The average Bonchev–Trinajstić information content (AvgIpc) is 2.72. The number of hydrogen-bond acceptors (Lipinski definition) is 4. The Balaban J connectivity index is 0.00000261. The van der Waals surface area contributed by atoms with E-state index >= 15 is 0 Å². The largest absolute Gasteiger partial charge is 0.497 e. The van der Waals surface area contributed by atoms with Crippen LogP contribution in [0.1, 0.15) is 23.6 Å². The maximum Gasteiger partial charge on any atom is 0.223 e. The SMILES string of the molecule is COc1ccc(CCC(=O)N2CCNCC2c2ccccc2OC)cc1.Cl. The number of halogens is 1. The molecule has 0 aliphatic carbocycles. The molecule has 1 fully saturated rings. The number of hydrogen-bond donors (Lipinski definition) is 1. The first-order valence-electron chi connectivity index (χ1n) is 8.99. The van der Waals surface area contributed by atoms with Gasteiger partial charge >= 0.3 is 0 Å². The zero-order chi connectivity index (χ0) is 18.4. The number of carbonyl (C=O) groups is 1. The van der Waals surface area contributed by atoms with E-state index in [4.69, 9.17) is 9.47 Å². The molecule has 0 bridgehead atoms. The quantitative estimate of drug-likeness (QED) is 0.822. The molecule has 0 spiro atoms. The molecule has 1 aliphatic rings. The molecule has 0 radical (unpaired) electrons. The van der Waals surface area contributed by atoms with Crippen LogP contribution in [-0.4, -0.2) is 44.7 Å². The van der Waals surface area contributed by atoms with Crippen molar-refractivity contribution in [2.75, 3.05) is 33.9 Å². The first-order valence-corrected chi connectivity index (χ1v) is 8.99. The fraction of sp³-hybridized carbons (Fsp3) is 0.381. The molecule has 1 amide bonds. The summed E-state index contributed by atoms with van der Waals surface area (Å²) in [4.78, 5) is 14.9. The smallest absolute Gasteiger partial charge is 0.223 e. The van der Waals surface area contributed by atoms with Crippen molar-refractivity contribution in [1.29, 1.82) is 0 Å². The van der Waals surface area contributed by atoms with Crippen LogP contribution >= 0.6 is 12.4 Å². The minimum atomic E-state index is 0. The van der Waals surface area contributed by atoms with E-state index in [1.807, 2.05) is 53.4 Å². The first-order chi connectivity index (χ1) is 12.7. The van der Waals surface area contributed by atoms with Gasteiger partial charge in [0.1, 0.15) is 11.5 Å².